The highest BCUT2D eigenvalue weighted by molar-refractivity contribution is 6.76. The number of methoxy groups -OCH3 is 1. The van der Waals surface area contributed by atoms with Gasteiger partial charge in [0.2, 0.25) is 0 Å². The van der Waals surface area contributed by atoms with Gasteiger partial charge in [-0.1, -0.05) is 37.0 Å². The number of nitrogens with zero attached hydrogens (tertiary/aromatic N) is 2. The Kier molecular flexibility index (Phi) is 5.67. The summed E-state index contributed by atoms with van der Waals surface area (Å²) in [5, 5.41) is 14.3. The van der Waals surface area contributed by atoms with Crippen molar-refractivity contribution in [2.24, 2.45) is 0 Å². The van der Waals surface area contributed by atoms with Gasteiger partial charge in [0, 0.05) is 20.8 Å². The minimum Gasteiger partial charge on any atom is -0.465 e. The molecule has 2 N–H and O–H groups in total. The van der Waals surface area contributed by atoms with Crippen LogP contribution in [-0.4, -0.2) is 36.6 Å². The minimum atomic E-state index is -1.25. The van der Waals surface area contributed by atoms with Gasteiger partial charge >= 0.3 is 5.97 Å². The van der Waals surface area contributed by atoms with Crippen molar-refractivity contribution in [2.75, 3.05) is 7.11 Å². The smallest absolute Gasteiger partial charge is 0.337 e. The summed E-state index contributed by atoms with van der Waals surface area (Å²) in [6, 6.07) is 8.71. The third kappa shape index (κ3) is 5.29. The van der Waals surface area contributed by atoms with Gasteiger partial charge in [-0.3, -0.25) is 5.10 Å². The zero-order chi connectivity index (χ0) is 16.9. The zero-order valence-electron chi connectivity index (χ0n) is 14.1. The number of esters is 1. The summed E-state index contributed by atoms with van der Waals surface area (Å²) in [7, 11) is 0.137. The fourth-order valence-corrected chi connectivity index (χ4v) is 3.97. The quantitative estimate of drug-likeness (QED) is 0.602. The van der Waals surface area contributed by atoms with E-state index in [0.29, 0.717) is 12.1 Å². The second-order valence-corrected chi connectivity index (χ2v) is 12.3. The van der Waals surface area contributed by atoms with Crippen molar-refractivity contribution >= 4 is 14.0 Å². The van der Waals surface area contributed by atoms with Crippen LogP contribution >= 0.6 is 0 Å². The highest BCUT2D eigenvalue weighted by Gasteiger charge is 2.23. The topological polar surface area (TPSA) is 79.9 Å². The number of H-pyrrole nitrogens is 1. The van der Waals surface area contributed by atoms with Crippen LogP contribution in [0.2, 0.25) is 25.7 Å². The van der Waals surface area contributed by atoms with Gasteiger partial charge < -0.3 is 10.1 Å². The highest BCUT2D eigenvalue weighted by atomic mass is 28.3. The van der Waals surface area contributed by atoms with E-state index in [4.69, 9.17) is 4.74 Å². The van der Waals surface area contributed by atoms with Gasteiger partial charge in [0.25, 0.3) is 0 Å². The molecule has 2 rings (SSSR count). The first-order valence-corrected chi connectivity index (χ1v) is 11.4. The fraction of sp³-hybridized carbons (Fsp3) is 0.438. The van der Waals surface area contributed by atoms with Crippen molar-refractivity contribution in [2.45, 2.75) is 38.3 Å². The average molecular weight is 332 g/mol. The Morgan fingerprint density at radius 3 is 2.52 bits per heavy atom. The first-order chi connectivity index (χ1) is 10.9. The number of rotatable bonds is 7. The van der Waals surface area contributed by atoms with Gasteiger partial charge in [-0.05, 0) is 23.7 Å². The molecule has 1 aromatic carbocycles. The molecule has 0 spiro atoms. The van der Waals surface area contributed by atoms with Gasteiger partial charge in [0.05, 0.1) is 24.4 Å². The Bertz CT molecular complexity index is 621. The summed E-state index contributed by atoms with van der Waals surface area (Å²) in [6.07, 6.45) is 1.85. The first-order valence-electron chi connectivity index (χ1n) is 7.66. The molecule has 6 nitrogen and oxygen atoms in total. The lowest BCUT2D eigenvalue weighted by Crippen LogP contribution is -2.30. The summed E-state index contributed by atoms with van der Waals surface area (Å²) in [5.41, 5.74) is 2.62. The van der Waals surface area contributed by atoms with Gasteiger partial charge in [-0.25, -0.2) is 4.79 Å². The summed E-state index contributed by atoms with van der Waals surface area (Å²) < 4.78 is 4.71. The molecule has 0 radical (unpaired) electrons. The summed E-state index contributed by atoms with van der Waals surface area (Å²) in [5.74, 6) is -0.316. The normalized spacial score (nSPS) is 12.9. The van der Waals surface area contributed by atoms with Crippen LogP contribution in [0.25, 0.3) is 0 Å². The van der Waals surface area contributed by atoms with E-state index >= 15 is 0 Å². The molecule has 1 atom stereocenters. The molecule has 0 aliphatic heterocycles. The largest absolute Gasteiger partial charge is 0.465 e. The molecule has 1 unspecified atom stereocenters. The maximum absolute atomic E-state index is 11.5. The third-order valence-electron chi connectivity index (χ3n) is 3.54. The van der Waals surface area contributed by atoms with E-state index < -0.39 is 8.07 Å². The zero-order valence-corrected chi connectivity index (χ0v) is 15.1. The van der Waals surface area contributed by atoms with Crippen molar-refractivity contribution in [3.63, 3.8) is 0 Å². The summed E-state index contributed by atoms with van der Waals surface area (Å²) in [4.78, 5) is 11.5. The molecule has 0 saturated carbocycles. The monoisotopic (exact) mass is 332 g/mol. The average Bonchev–Trinajstić information content (AvgIpc) is 3.04. The SMILES string of the molecule is COC(=O)c1ccc(CNC(C[Si](C)(C)C)c2c[nH]nn2)cc1. The predicted octanol–water partition coefficient (Wildman–Crippen LogP) is 2.76. The van der Waals surface area contributed by atoms with Crippen LogP contribution in [0.4, 0.5) is 0 Å². The van der Waals surface area contributed by atoms with Crippen molar-refractivity contribution in [1.29, 1.82) is 0 Å². The molecule has 7 heteroatoms. The number of aromatic nitrogens is 3. The molecule has 0 fully saturated rings. The van der Waals surface area contributed by atoms with E-state index in [0.717, 1.165) is 17.3 Å². The molecule has 0 aliphatic carbocycles. The second kappa shape index (κ2) is 7.52. The lowest BCUT2D eigenvalue weighted by atomic mass is 10.1. The fourth-order valence-electron chi connectivity index (χ4n) is 2.39. The van der Waals surface area contributed by atoms with E-state index in [2.05, 4.69) is 40.4 Å². The van der Waals surface area contributed by atoms with Crippen LogP contribution in [0.3, 0.4) is 0 Å². The van der Waals surface area contributed by atoms with E-state index in [9.17, 15) is 4.79 Å². The van der Waals surface area contributed by atoms with Gasteiger partial charge in [-0.15, -0.1) is 5.10 Å². The van der Waals surface area contributed by atoms with Crippen molar-refractivity contribution in [3.05, 3.63) is 47.3 Å². The Morgan fingerprint density at radius 1 is 1.30 bits per heavy atom. The summed E-state index contributed by atoms with van der Waals surface area (Å²) >= 11 is 0. The maximum atomic E-state index is 11.5. The third-order valence-corrected chi connectivity index (χ3v) is 5.17. The van der Waals surface area contributed by atoms with Crippen LogP contribution in [0, 0.1) is 0 Å². The number of nitrogens with one attached hydrogen (secondary N) is 2. The molecule has 23 heavy (non-hydrogen) atoms. The second-order valence-electron chi connectivity index (χ2n) is 6.79. The van der Waals surface area contributed by atoms with Gasteiger partial charge in [-0.2, -0.15) is 0 Å². The number of ether oxygens (including phenoxy) is 1. The van der Waals surface area contributed by atoms with Crippen molar-refractivity contribution in [3.8, 4) is 0 Å². The Balaban J connectivity index is 2.02. The Labute approximate surface area is 137 Å². The Morgan fingerprint density at radius 2 is 2.00 bits per heavy atom. The highest BCUT2D eigenvalue weighted by Crippen LogP contribution is 2.23. The van der Waals surface area contributed by atoms with Crippen LogP contribution < -0.4 is 5.32 Å². The number of carbonyl (C=O) groups excluding carboxylic acids is 1. The number of benzene rings is 1. The van der Waals surface area contributed by atoms with Crippen molar-refractivity contribution < 1.29 is 9.53 Å². The number of hydrogen-bond donors (Lipinski definition) is 2. The van der Waals surface area contributed by atoms with Crippen LogP contribution in [-0.2, 0) is 11.3 Å². The lowest BCUT2D eigenvalue weighted by molar-refractivity contribution is 0.0600. The maximum Gasteiger partial charge on any atom is 0.337 e. The number of aromatic amines is 1. The van der Waals surface area contributed by atoms with E-state index in [1.807, 2.05) is 18.3 Å². The number of carbonyl (C=O) groups is 1. The van der Waals surface area contributed by atoms with E-state index in [1.165, 1.54) is 7.11 Å². The summed E-state index contributed by atoms with van der Waals surface area (Å²) in [6.45, 7) is 7.73. The minimum absolute atomic E-state index is 0.181. The molecule has 1 heterocycles. The van der Waals surface area contributed by atoms with Crippen LogP contribution in [0.5, 0.6) is 0 Å². The molecule has 0 bridgehead atoms. The van der Waals surface area contributed by atoms with Crippen molar-refractivity contribution in [1.82, 2.24) is 20.7 Å². The van der Waals surface area contributed by atoms with E-state index in [-0.39, 0.29) is 12.0 Å². The first kappa shape index (κ1) is 17.4. The van der Waals surface area contributed by atoms with E-state index in [1.54, 1.807) is 12.1 Å². The molecule has 2 aromatic rings. The van der Waals surface area contributed by atoms with Gasteiger partial charge in [0.1, 0.15) is 0 Å². The van der Waals surface area contributed by atoms with Crippen LogP contribution in [0.1, 0.15) is 27.7 Å². The molecule has 124 valence electrons. The molecule has 1 aromatic heterocycles. The molecule has 0 saturated heterocycles. The molecular weight excluding hydrogens is 308 g/mol. The lowest BCUT2D eigenvalue weighted by Gasteiger charge is -2.24. The molecular formula is C16H24N4O2Si. The Hall–Kier alpha value is -1.99. The predicted molar refractivity (Wildman–Crippen MR) is 91.9 cm³/mol. The number of hydrogen-bond acceptors (Lipinski definition) is 5. The molecule has 0 aliphatic rings. The van der Waals surface area contributed by atoms with Crippen LogP contribution in [0.15, 0.2) is 30.5 Å². The standard InChI is InChI=1S/C16H24N4O2Si/c1-22-16(21)13-7-5-12(6-8-13)9-17-15(11-23(2,3)4)14-10-18-20-19-14/h5-8,10,15,17H,9,11H2,1-4H3,(H,18,19,20). The molecule has 0 amide bonds. The van der Waals surface area contributed by atoms with Gasteiger partial charge in [0.15, 0.2) is 0 Å².